The maximum Gasteiger partial charge on any atom is 0.416 e. The van der Waals surface area contributed by atoms with E-state index in [0.717, 1.165) is 54.7 Å². The molecular formula is C24H26F3N5O2S. The van der Waals surface area contributed by atoms with Crippen LogP contribution in [0, 0.1) is 6.92 Å². The summed E-state index contributed by atoms with van der Waals surface area (Å²) in [7, 11) is 0. The number of thioether (sulfide) groups is 1. The molecule has 0 aliphatic carbocycles. The van der Waals surface area contributed by atoms with E-state index in [-0.39, 0.29) is 16.7 Å². The van der Waals surface area contributed by atoms with Crippen LogP contribution >= 0.6 is 11.8 Å². The number of aryl methyl sites for hydroxylation is 1. The van der Waals surface area contributed by atoms with Gasteiger partial charge in [-0.25, -0.2) is 0 Å². The maximum absolute atomic E-state index is 13.3. The smallest absolute Gasteiger partial charge is 0.411 e. The van der Waals surface area contributed by atoms with Gasteiger partial charge in [-0.3, -0.25) is 4.79 Å². The highest BCUT2D eigenvalue weighted by Crippen LogP contribution is 2.36. The van der Waals surface area contributed by atoms with Crippen molar-refractivity contribution in [2.24, 2.45) is 0 Å². The molecule has 0 unspecified atom stereocenters. The minimum atomic E-state index is -4.51. The van der Waals surface area contributed by atoms with Gasteiger partial charge < -0.3 is 19.5 Å². The molecule has 35 heavy (non-hydrogen) atoms. The summed E-state index contributed by atoms with van der Waals surface area (Å²) < 4.78 is 45.7. The number of piperazine rings is 1. The third kappa shape index (κ3) is 6.34. The summed E-state index contributed by atoms with van der Waals surface area (Å²) >= 11 is 1.03. The van der Waals surface area contributed by atoms with Gasteiger partial charge in [-0.1, -0.05) is 36.4 Å². The molecule has 7 nitrogen and oxygen atoms in total. The molecule has 0 radical (unpaired) electrons. The second-order valence-electron chi connectivity index (χ2n) is 8.23. The van der Waals surface area contributed by atoms with Crippen LogP contribution < -0.4 is 10.2 Å². The first-order chi connectivity index (χ1) is 16.7. The number of benzene rings is 2. The molecule has 1 amide bonds. The van der Waals surface area contributed by atoms with Crippen LogP contribution in [0.3, 0.4) is 0 Å². The van der Waals surface area contributed by atoms with E-state index < -0.39 is 17.6 Å². The predicted molar refractivity (Wildman–Crippen MR) is 130 cm³/mol. The number of amides is 1. The molecule has 1 fully saturated rings. The van der Waals surface area contributed by atoms with Gasteiger partial charge in [0.1, 0.15) is 0 Å². The van der Waals surface area contributed by atoms with Crippen molar-refractivity contribution in [1.82, 2.24) is 15.1 Å². The number of nitrogens with zero attached hydrogens (tertiary/aromatic N) is 4. The fourth-order valence-electron chi connectivity index (χ4n) is 3.87. The van der Waals surface area contributed by atoms with Crippen molar-refractivity contribution in [1.29, 1.82) is 0 Å². The van der Waals surface area contributed by atoms with Crippen molar-refractivity contribution >= 4 is 29.0 Å². The van der Waals surface area contributed by atoms with Crippen molar-refractivity contribution in [3.63, 3.8) is 0 Å². The first-order valence-electron chi connectivity index (χ1n) is 11.2. The largest absolute Gasteiger partial charge is 0.416 e. The first-order valence-corrected chi connectivity index (χ1v) is 12.2. The molecule has 1 aliphatic rings. The van der Waals surface area contributed by atoms with E-state index in [9.17, 15) is 18.0 Å². The number of halogens is 3. The Labute approximate surface area is 205 Å². The summed E-state index contributed by atoms with van der Waals surface area (Å²) in [5, 5.41) is 10.8. The standard InChI is InChI=1S/C24H26F3N5O2S/c1-3-31-9-11-32(12-10-31)20-8-7-18(24(25,26)27)14-19(20)28-21(33)15-35-23-30-29-22(34-23)17-6-4-5-16(2)13-17/h4-8,13-14H,3,9-12,15H2,1-2H3,(H,28,33). The lowest BCUT2D eigenvalue weighted by molar-refractivity contribution is -0.137. The van der Waals surface area contributed by atoms with Crippen LogP contribution in [-0.2, 0) is 11.0 Å². The number of aromatic nitrogens is 2. The molecule has 11 heteroatoms. The van der Waals surface area contributed by atoms with Gasteiger partial charge in [0, 0.05) is 31.7 Å². The van der Waals surface area contributed by atoms with Gasteiger partial charge in [-0.05, 0) is 43.8 Å². The van der Waals surface area contributed by atoms with Crippen molar-refractivity contribution < 1.29 is 22.4 Å². The zero-order chi connectivity index (χ0) is 25.0. The lowest BCUT2D eigenvalue weighted by Crippen LogP contribution is -2.46. The van der Waals surface area contributed by atoms with Crippen LogP contribution in [0.4, 0.5) is 24.5 Å². The highest BCUT2D eigenvalue weighted by Gasteiger charge is 2.32. The molecule has 0 bridgehead atoms. The minimum Gasteiger partial charge on any atom is -0.411 e. The zero-order valence-corrected chi connectivity index (χ0v) is 20.2. The van der Waals surface area contributed by atoms with E-state index in [1.807, 2.05) is 36.1 Å². The Kier molecular flexibility index (Phi) is 7.66. The molecule has 0 atom stereocenters. The Hall–Kier alpha value is -3.05. The quantitative estimate of drug-likeness (QED) is 0.456. The third-order valence-corrected chi connectivity index (χ3v) is 6.57. The maximum atomic E-state index is 13.3. The number of anilines is 2. The average molecular weight is 506 g/mol. The van der Waals surface area contributed by atoms with Crippen molar-refractivity contribution in [3.05, 3.63) is 53.6 Å². The molecule has 1 N–H and O–H groups in total. The SMILES string of the molecule is CCN1CCN(c2ccc(C(F)(F)F)cc2NC(=O)CSc2nnc(-c3cccc(C)c3)o2)CC1. The third-order valence-electron chi connectivity index (χ3n) is 5.76. The Morgan fingerprint density at radius 3 is 2.57 bits per heavy atom. The van der Waals surface area contributed by atoms with Gasteiger partial charge in [-0.2, -0.15) is 13.2 Å². The normalized spacial score (nSPS) is 14.8. The summed E-state index contributed by atoms with van der Waals surface area (Å²) in [6.45, 7) is 7.89. The van der Waals surface area contributed by atoms with E-state index in [1.165, 1.54) is 6.07 Å². The lowest BCUT2D eigenvalue weighted by Gasteiger charge is -2.36. The van der Waals surface area contributed by atoms with Crippen molar-refractivity contribution in [2.45, 2.75) is 25.2 Å². The van der Waals surface area contributed by atoms with E-state index >= 15 is 0 Å². The molecule has 186 valence electrons. The van der Waals surface area contributed by atoms with Crippen LogP contribution in [0.5, 0.6) is 0 Å². The Balaban J connectivity index is 1.45. The molecule has 1 aromatic heterocycles. The predicted octanol–water partition coefficient (Wildman–Crippen LogP) is 4.94. The number of carbonyl (C=O) groups is 1. The lowest BCUT2D eigenvalue weighted by atomic mass is 10.1. The summed E-state index contributed by atoms with van der Waals surface area (Å²) in [4.78, 5) is 16.9. The number of nitrogens with one attached hydrogen (secondary N) is 1. The van der Waals surface area contributed by atoms with E-state index in [1.54, 1.807) is 0 Å². The van der Waals surface area contributed by atoms with Gasteiger partial charge in [0.25, 0.3) is 5.22 Å². The fraction of sp³-hybridized carbons (Fsp3) is 0.375. The van der Waals surface area contributed by atoms with Crippen LogP contribution in [0.1, 0.15) is 18.1 Å². The van der Waals surface area contributed by atoms with Crippen LogP contribution in [0.25, 0.3) is 11.5 Å². The summed E-state index contributed by atoms with van der Waals surface area (Å²) in [6.07, 6.45) is -4.51. The number of carbonyl (C=O) groups excluding carboxylic acids is 1. The Bertz CT molecular complexity index is 1180. The zero-order valence-electron chi connectivity index (χ0n) is 19.4. The van der Waals surface area contributed by atoms with Crippen molar-refractivity contribution in [3.8, 4) is 11.5 Å². The van der Waals surface area contributed by atoms with Crippen LogP contribution in [0.2, 0.25) is 0 Å². The van der Waals surface area contributed by atoms with E-state index in [0.29, 0.717) is 24.7 Å². The minimum absolute atomic E-state index is 0.0885. The molecule has 2 heterocycles. The Morgan fingerprint density at radius 2 is 1.89 bits per heavy atom. The molecule has 3 aromatic rings. The number of hydrogen-bond donors (Lipinski definition) is 1. The molecule has 1 aliphatic heterocycles. The summed E-state index contributed by atoms with van der Waals surface area (Å²) in [6, 6.07) is 11.1. The Morgan fingerprint density at radius 1 is 1.11 bits per heavy atom. The van der Waals surface area contributed by atoms with Gasteiger partial charge in [0.05, 0.1) is 22.7 Å². The number of alkyl halides is 3. The number of hydrogen-bond acceptors (Lipinski definition) is 7. The molecule has 0 saturated carbocycles. The topological polar surface area (TPSA) is 74.5 Å². The second kappa shape index (κ2) is 10.7. The first kappa shape index (κ1) is 25.1. The van der Waals surface area contributed by atoms with Gasteiger partial charge >= 0.3 is 6.18 Å². The summed E-state index contributed by atoms with van der Waals surface area (Å²) in [5.41, 5.74) is 1.72. The fourth-order valence-corrected chi connectivity index (χ4v) is 4.43. The molecule has 4 rings (SSSR count). The van der Waals surface area contributed by atoms with Gasteiger partial charge in [-0.15, -0.1) is 10.2 Å². The monoisotopic (exact) mass is 505 g/mol. The van der Waals surface area contributed by atoms with E-state index in [2.05, 4.69) is 27.3 Å². The number of likely N-dealkylation sites (N-methyl/N-ethyl adjacent to an activating group) is 1. The van der Waals surface area contributed by atoms with Gasteiger partial charge in [0.2, 0.25) is 11.8 Å². The van der Waals surface area contributed by atoms with Crippen LogP contribution in [0.15, 0.2) is 52.1 Å². The van der Waals surface area contributed by atoms with Crippen LogP contribution in [-0.4, -0.2) is 59.5 Å². The highest BCUT2D eigenvalue weighted by molar-refractivity contribution is 7.99. The number of rotatable bonds is 7. The molecule has 1 saturated heterocycles. The van der Waals surface area contributed by atoms with Gasteiger partial charge in [0.15, 0.2) is 0 Å². The second-order valence-corrected chi connectivity index (χ2v) is 9.16. The molecule has 2 aromatic carbocycles. The van der Waals surface area contributed by atoms with E-state index in [4.69, 9.17) is 4.42 Å². The molecular weight excluding hydrogens is 479 g/mol. The molecule has 0 spiro atoms. The van der Waals surface area contributed by atoms with Crippen molar-refractivity contribution in [2.75, 3.05) is 48.7 Å². The average Bonchev–Trinajstić information content (AvgIpc) is 3.31. The summed E-state index contributed by atoms with van der Waals surface area (Å²) in [5.74, 6) is -0.213. The highest BCUT2D eigenvalue weighted by atomic mass is 32.2.